The summed E-state index contributed by atoms with van der Waals surface area (Å²) in [5.74, 6) is -1.62. The third-order valence-electron chi connectivity index (χ3n) is 1.92. The Morgan fingerprint density at radius 1 is 1.20 bits per heavy atom. The van der Waals surface area contributed by atoms with E-state index in [0.29, 0.717) is 4.31 Å². The van der Waals surface area contributed by atoms with Crippen molar-refractivity contribution in [1.29, 1.82) is 0 Å². The Kier molecular flexibility index (Phi) is 2.13. The highest BCUT2D eigenvalue weighted by molar-refractivity contribution is 7.98. The number of imide groups is 1. The minimum absolute atomic E-state index is 0.0873. The molecule has 1 aromatic carbocycles. The number of hydrogen-bond acceptors (Lipinski definition) is 3. The minimum Gasteiger partial charge on any atom is -0.268 e. The number of nitrogens with zero attached hydrogens (tertiary/aromatic N) is 1. The highest BCUT2D eigenvalue weighted by atomic mass is 32.2. The second kappa shape index (κ2) is 3.62. The number of halogens is 2. The molecular weight excluding hydrogens is 224 g/mol. The smallest absolute Gasteiger partial charge is 0.268 e. The van der Waals surface area contributed by atoms with E-state index in [2.05, 4.69) is 0 Å². The number of fused-ring (bicyclic) bond motifs is 1. The molecule has 0 bridgehead atoms. The van der Waals surface area contributed by atoms with Crippen LogP contribution in [0.25, 0.3) is 0 Å². The van der Waals surface area contributed by atoms with Gasteiger partial charge in [-0.3, -0.25) is 9.59 Å². The molecular formula is C9H5F2NO2S. The van der Waals surface area contributed by atoms with Gasteiger partial charge in [0.15, 0.2) is 0 Å². The fourth-order valence-corrected chi connectivity index (χ4v) is 1.82. The molecule has 0 unspecified atom stereocenters. The van der Waals surface area contributed by atoms with Gasteiger partial charge in [-0.05, 0) is 12.1 Å². The third-order valence-corrected chi connectivity index (χ3v) is 2.57. The van der Waals surface area contributed by atoms with E-state index in [1.165, 1.54) is 24.3 Å². The Labute approximate surface area is 89.6 Å². The third kappa shape index (κ3) is 1.61. The summed E-state index contributed by atoms with van der Waals surface area (Å²) in [5, 5.41) is 0. The molecule has 1 heterocycles. The number of rotatable bonds is 2. The van der Waals surface area contributed by atoms with Crippen LogP contribution in [0.3, 0.4) is 0 Å². The topological polar surface area (TPSA) is 37.4 Å². The average molecular weight is 230 g/mol. The van der Waals surface area contributed by atoms with Gasteiger partial charge in [-0.1, -0.05) is 12.1 Å². The maximum Gasteiger partial charge on any atom is 0.303 e. The van der Waals surface area contributed by atoms with Crippen LogP contribution >= 0.6 is 11.9 Å². The van der Waals surface area contributed by atoms with Gasteiger partial charge in [0.1, 0.15) is 1.37 Å². The van der Waals surface area contributed by atoms with E-state index >= 15 is 0 Å². The first kappa shape index (κ1) is 8.84. The number of benzene rings is 1. The van der Waals surface area contributed by atoms with Crippen LogP contribution in [0, 0.1) is 0 Å². The summed E-state index contributed by atoms with van der Waals surface area (Å²) in [6, 6.07) is 5.85. The van der Waals surface area contributed by atoms with Gasteiger partial charge in [-0.15, -0.1) is 0 Å². The summed E-state index contributed by atoms with van der Waals surface area (Å²) >= 11 is -0.395. The van der Waals surface area contributed by atoms with Crippen molar-refractivity contribution in [2.75, 3.05) is 0 Å². The van der Waals surface area contributed by atoms with Crippen molar-refractivity contribution in [3.05, 3.63) is 35.4 Å². The highest BCUT2D eigenvalue weighted by Crippen LogP contribution is 2.31. The van der Waals surface area contributed by atoms with E-state index in [9.17, 15) is 18.4 Å². The number of alkyl halides is 2. The van der Waals surface area contributed by atoms with Crippen molar-refractivity contribution in [2.24, 2.45) is 0 Å². The average Bonchev–Trinajstić information content (AvgIpc) is 2.43. The summed E-state index contributed by atoms with van der Waals surface area (Å²) in [7, 11) is 0. The van der Waals surface area contributed by atoms with Gasteiger partial charge >= 0.3 is 5.73 Å². The van der Waals surface area contributed by atoms with Gasteiger partial charge < -0.3 is 0 Å². The quantitative estimate of drug-likeness (QED) is 0.577. The summed E-state index contributed by atoms with van der Waals surface area (Å²) < 4.78 is 31.5. The first-order valence-corrected chi connectivity index (χ1v) is 4.72. The predicted octanol–water partition coefficient (Wildman–Crippen LogP) is 2.15. The Balaban J connectivity index is 2.36. The molecule has 0 spiro atoms. The second-order valence-corrected chi connectivity index (χ2v) is 3.62. The zero-order valence-corrected chi connectivity index (χ0v) is 8.05. The SMILES string of the molecule is [2H]C(F)(F)SN1C(=O)c2ccccc2C1=O. The van der Waals surface area contributed by atoms with Gasteiger partial charge in [0, 0.05) is 11.9 Å². The van der Waals surface area contributed by atoms with Crippen molar-refractivity contribution >= 4 is 23.8 Å². The number of hydrogen-bond donors (Lipinski definition) is 0. The molecule has 78 valence electrons. The van der Waals surface area contributed by atoms with Crippen LogP contribution in [0.1, 0.15) is 22.1 Å². The number of amides is 2. The maximum atomic E-state index is 12.4. The Bertz CT molecular complexity index is 440. The van der Waals surface area contributed by atoms with Gasteiger partial charge in [-0.2, -0.15) is 8.78 Å². The molecule has 1 aliphatic heterocycles. The van der Waals surface area contributed by atoms with Gasteiger partial charge in [0.2, 0.25) is 0 Å². The van der Waals surface area contributed by atoms with Gasteiger partial charge in [0.25, 0.3) is 11.8 Å². The number of carbonyl (C=O) groups excluding carboxylic acids is 2. The fraction of sp³-hybridized carbons (Fsp3) is 0.111. The van der Waals surface area contributed by atoms with E-state index in [4.69, 9.17) is 1.37 Å². The van der Waals surface area contributed by atoms with E-state index in [0.717, 1.165) is 0 Å². The lowest BCUT2D eigenvalue weighted by Crippen LogP contribution is -2.23. The first-order valence-electron chi connectivity index (χ1n) is 4.45. The van der Waals surface area contributed by atoms with Crippen molar-refractivity contribution < 1.29 is 19.7 Å². The predicted molar refractivity (Wildman–Crippen MR) is 50.5 cm³/mol. The van der Waals surface area contributed by atoms with Gasteiger partial charge in [-0.25, -0.2) is 4.31 Å². The molecule has 0 atom stereocenters. The van der Waals surface area contributed by atoms with E-state index in [-0.39, 0.29) is 11.1 Å². The lowest BCUT2D eigenvalue weighted by atomic mass is 10.1. The molecule has 0 aliphatic carbocycles. The second-order valence-electron chi connectivity index (χ2n) is 2.77. The van der Waals surface area contributed by atoms with Crippen molar-refractivity contribution in [2.45, 2.75) is 5.73 Å². The van der Waals surface area contributed by atoms with Gasteiger partial charge in [0.05, 0.1) is 11.1 Å². The van der Waals surface area contributed by atoms with Crippen LogP contribution in [0.2, 0.25) is 0 Å². The molecule has 0 saturated carbocycles. The van der Waals surface area contributed by atoms with E-state index in [1.54, 1.807) is 0 Å². The molecule has 3 nitrogen and oxygen atoms in total. The highest BCUT2D eigenvalue weighted by Gasteiger charge is 2.37. The molecule has 1 aromatic rings. The van der Waals surface area contributed by atoms with E-state index < -0.39 is 29.5 Å². The first-order chi connectivity index (χ1) is 7.40. The Hall–Kier alpha value is -1.43. The van der Waals surface area contributed by atoms with Crippen molar-refractivity contribution in [1.82, 2.24) is 4.31 Å². The Morgan fingerprint density at radius 2 is 1.67 bits per heavy atom. The van der Waals surface area contributed by atoms with Crippen molar-refractivity contribution in [3.8, 4) is 0 Å². The fourth-order valence-electron chi connectivity index (χ4n) is 1.32. The monoisotopic (exact) mass is 230 g/mol. The molecule has 0 saturated heterocycles. The maximum absolute atomic E-state index is 12.4. The molecule has 0 aromatic heterocycles. The van der Waals surface area contributed by atoms with E-state index in [1.807, 2.05) is 0 Å². The zero-order valence-electron chi connectivity index (χ0n) is 8.24. The van der Waals surface area contributed by atoms with Crippen LogP contribution in [-0.4, -0.2) is 21.9 Å². The zero-order chi connectivity index (χ0) is 11.9. The van der Waals surface area contributed by atoms with Crippen LogP contribution < -0.4 is 0 Å². The summed E-state index contributed by atoms with van der Waals surface area (Å²) in [6.07, 6.45) is 0. The minimum atomic E-state index is -3.91. The normalized spacial score (nSPS) is 16.7. The number of carbonyl (C=O) groups is 2. The molecule has 2 amide bonds. The van der Waals surface area contributed by atoms with Crippen LogP contribution in [0.4, 0.5) is 8.78 Å². The molecule has 0 fully saturated rings. The molecule has 15 heavy (non-hydrogen) atoms. The molecule has 1 aliphatic rings. The summed E-state index contributed by atoms with van der Waals surface area (Å²) in [5.41, 5.74) is -3.73. The molecule has 6 heteroatoms. The summed E-state index contributed by atoms with van der Waals surface area (Å²) in [4.78, 5) is 23.1. The van der Waals surface area contributed by atoms with Crippen LogP contribution in [-0.2, 0) is 0 Å². The summed E-state index contributed by atoms with van der Waals surface area (Å²) in [6.45, 7) is 0. The Morgan fingerprint density at radius 3 is 2.07 bits per heavy atom. The van der Waals surface area contributed by atoms with Crippen LogP contribution in [0.5, 0.6) is 0 Å². The van der Waals surface area contributed by atoms with Crippen LogP contribution in [0.15, 0.2) is 24.3 Å². The van der Waals surface area contributed by atoms with Crippen molar-refractivity contribution in [3.63, 3.8) is 0 Å². The molecule has 0 radical (unpaired) electrons. The lowest BCUT2D eigenvalue weighted by molar-refractivity contribution is 0.0769. The lowest BCUT2D eigenvalue weighted by Gasteiger charge is -2.10. The molecule has 0 N–H and O–H groups in total. The molecule has 2 rings (SSSR count). The largest absolute Gasteiger partial charge is 0.303 e. The standard InChI is InChI=1S/C9H5F2NO2S/c10-9(11)15-12-7(13)5-3-1-2-4-6(5)8(12)14/h1-4,9H/i9D.